The molecule has 2 rings (SSSR count). The predicted molar refractivity (Wildman–Crippen MR) is 90.5 cm³/mol. The molecule has 1 aromatic carbocycles. The standard InChI is InChI=1S/C16H14Cl2N2O3/c17-11-8-12(18)10-13(9-11)20-16(22)5-6-19-15(21)4-3-14-2-1-7-23-14/h1-4,7-10H,5-6H2,(H,19,21)(H,20,22)/b4-3+. The van der Waals surface area contributed by atoms with Gasteiger partial charge in [0.1, 0.15) is 5.76 Å². The van der Waals surface area contributed by atoms with Crippen molar-refractivity contribution >= 4 is 46.8 Å². The van der Waals surface area contributed by atoms with E-state index in [1.807, 2.05) is 0 Å². The van der Waals surface area contributed by atoms with Gasteiger partial charge in [0.25, 0.3) is 0 Å². The molecule has 1 aromatic heterocycles. The number of carbonyl (C=O) groups excluding carboxylic acids is 2. The lowest BCUT2D eigenvalue weighted by Gasteiger charge is -2.06. The first-order chi connectivity index (χ1) is 11.0. The quantitative estimate of drug-likeness (QED) is 0.777. The normalized spacial score (nSPS) is 10.7. The van der Waals surface area contributed by atoms with Crippen molar-refractivity contribution in [2.75, 3.05) is 11.9 Å². The van der Waals surface area contributed by atoms with Crippen molar-refractivity contribution in [3.8, 4) is 0 Å². The van der Waals surface area contributed by atoms with Gasteiger partial charge in [0.05, 0.1) is 6.26 Å². The van der Waals surface area contributed by atoms with Crippen LogP contribution in [0.2, 0.25) is 10.0 Å². The first-order valence-electron chi connectivity index (χ1n) is 6.78. The van der Waals surface area contributed by atoms with Gasteiger partial charge in [-0.25, -0.2) is 0 Å². The Balaban J connectivity index is 1.73. The molecule has 0 fully saturated rings. The number of nitrogens with one attached hydrogen (secondary N) is 2. The monoisotopic (exact) mass is 352 g/mol. The van der Waals surface area contributed by atoms with Gasteiger partial charge in [0.15, 0.2) is 0 Å². The van der Waals surface area contributed by atoms with Crippen LogP contribution in [-0.4, -0.2) is 18.4 Å². The number of halogens is 2. The van der Waals surface area contributed by atoms with Crippen molar-refractivity contribution in [3.05, 3.63) is 58.5 Å². The number of furan rings is 1. The van der Waals surface area contributed by atoms with Crippen LogP contribution in [0.4, 0.5) is 5.69 Å². The third kappa shape index (κ3) is 6.18. The van der Waals surface area contributed by atoms with Gasteiger partial charge in [0.2, 0.25) is 11.8 Å². The van der Waals surface area contributed by atoms with Gasteiger partial charge in [-0.3, -0.25) is 9.59 Å². The van der Waals surface area contributed by atoms with Gasteiger partial charge in [-0.15, -0.1) is 0 Å². The molecule has 0 aliphatic carbocycles. The second-order valence-electron chi connectivity index (χ2n) is 4.60. The summed E-state index contributed by atoms with van der Waals surface area (Å²) in [7, 11) is 0. The zero-order valence-corrected chi connectivity index (χ0v) is 13.5. The Bertz CT molecular complexity index is 692. The molecule has 2 amide bonds. The molecule has 1 heterocycles. The van der Waals surface area contributed by atoms with Crippen LogP contribution < -0.4 is 10.6 Å². The molecule has 0 saturated carbocycles. The highest BCUT2D eigenvalue weighted by molar-refractivity contribution is 6.35. The minimum Gasteiger partial charge on any atom is -0.465 e. The minimum absolute atomic E-state index is 0.129. The Labute approximate surface area is 143 Å². The van der Waals surface area contributed by atoms with E-state index in [1.165, 1.54) is 12.3 Å². The molecule has 7 heteroatoms. The maximum atomic E-state index is 11.8. The van der Waals surface area contributed by atoms with E-state index in [4.69, 9.17) is 27.6 Å². The fourth-order valence-electron chi connectivity index (χ4n) is 1.75. The predicted octanol–water partition coefficient (Wildman–Crippen LogP) is 3.74. The lowest BCUT2D eigenvalue weighted by atomic mass is 10.3. The molecule has 5 nitrogen and oxygen atoms in total. The van der Waals surface area contributed by atoms with E-state index in [-0.39, 0.29) is 24.8 Å². The van der Waals surface area contributed by atoms with Crippen LogP contribution in [0.3, 0.4) is 0 Å². The average Bonchev–Trinajstić information content (AvgIpc) is 2.97. The summed E-state index contributed by atoms with van der Waals surface area (Å²) in [5.41, 5.74) is 0.511. The zero-order valence-electron chi connectivity index (χ0n) is 12.0. The number of anilines is 1. The summed E-state index contributed by atoms with van der Waals surface area (Å²) in [6, 6.07) is 8.22. The van der Waals surface area contributed by atoms with Gasteiger partial charge in [0, 0.05) is 34.8 Å². The van der Waals surface area contributed by atoms with Crippen molar-refractivity contribution in [2.24, 2.45) is 0 Å². The maximum absolute atomic E-state index is 11.8. The van der Waals surface area contributed by atoms with E-state index in [0.29, 0.717) is 21.5 Å². The summed E-state index contributed by atoms with van der Waals surface area (Å²) in [5.74, 6) is 0.0226. The van der Waals surface area contributed by atoms with E-state index in [9.17, 15) is 9.59 Å². The van der Waals surface area contributed by atoms with Gasteiger partial charge < -0.3 is 15.1 Å². The van der Waals surface area contributed by atoms with Crippen LogP contribution >= 0.6 is 23.2 Å². The van der Waals surface area contributed by atoms with E-state index in [0.717, 1.165) is 0 Å². The third-order valence-corrected chi connectivity index (χ3v) is 3.18. The Hall–Kier alpha value is -2.24. The average molecular weight is 353 g/mol. The lowest BCUT2D eigenvalue weighted by molar-refractivity contribution is -0.117. The van der Waals surface area contributed by atoms with E-state index < -0.39 is 0 Å². The van der Waals surface area contributed by atoms with E-state index in [2.05, 4.69) is 10.6 Å². The van der Waals surface area contributed by atoms with Gasteiger partial charge >= 0.3 is 0 Å². The Kier molecular flexibility index (Phi) is 6.26. The van der Waals surface area contributed by atoms with Crippen molar-refractivity contribution in [1.29, 1.82) is 0 Å². The smallest absolute Gasteiger partial charge is 0.244 e. The topological polar surface area (TPSA) is 71.3 Å². The molecule has 0 bridgehead atoms. The maximum Gasteiger partial charge on any atom is 0.244 e. The van der Waals surface area contributed by atoms with Crippen molar-refractivity contribution < 1.29 is 14.0 Å². The highest BCUT2D eigenvalue weighted by Gasteiger charge is 2.05. The number of amides is 2. The van der Waals surface area contributed by atoms with E-state index >= 15 is 0 Å². The molecule has 0 spiro atoms. The number of rotatable bonds is 6. The third-order valence-electron chi connectivity index (χ3n) is 2.74. The molecule has 0 atom stereocenters. The number of carbonyl (C=O) groups is 2. The summed E-state index contributed by atoms with van der Waals surface area (Å²) in [6.45, 7) is 0.210. The number of hydrogen-bond acceptors (Lipinski definition) is 3. The molecule has 120 valence electrons. The molecule has 0 unspecified atom stereocenters. The lowest BCUT2D eigenvalue weighted by Crippen LogP contribution is -2.26. The first kappa shape index (κ1) is 17.1. The van der Waals surface area contributed by atoms with E-state index in [1.54, 1.807) is 36.4 Å². The highest BCUT2D eigenvalue weighted by atomic mass is 35.5. The highest BCUT2D eigenvalue weighted by Crippen LogP contribution is 2.22. The zero-order chi connectivity index (χ0) is 16.7. The van der Waals surface area contributed by atoms with Crippen LogP contribution in [0.15, 0.2) is 47.1 Å². The van der Waals surface area contributed by atoms with Crippen LogP contribution in [-0.2, 0) is 9.59 Å². The second kappa shape index (κ2) is 8.41. The summed E-state index contributed by atoms with van der Waals surface area (Å²) < 4.78 is 5.06. The van der Waals surface area contributed by atoms with Crippen LogP contribution in [0, 0.1) is 0 Å². The molecular formula is C16H14Cl2N2O3. The van der Waals surface area contributed by atoms with Crippen molar-refractivity contribution in [1.82, 2.24) is 5.32 Å². The second-order valence-corrected chi connectivity index (χ2v) is 5.47. The summed E-state index contributed by atoms with van der Waals surface area (Å²) in [5, 5.41) is 6.13. The molecule has 0 aliphatic rings. The Morgan fingerprint density at radius 2 is 1.91 bits per heavy atom. The van der Waals surface area contributed by atoms with Crippen LogP contribution in [0.5, 0.6) is 0 Å². The van der Waals surface area contributed by atoms with Crippen molar-refractivity contribution in [3.63, 3.8) is 0 Å². The molecule has 2 aromatic rings. The SMILES string of the molecule is O=C(/C=C/c1ccco1)NCCC(=O)Nc1cc(Cl)cc(Cl)c1. The molecule has 2 N–H and O–H groups in total. The fraction of sp³-hybridized carbons (Fsp3) is 0.125. The minimum atomic E-state index is -0.306. The molecule has 23 heavy (non-hydrogen) atoms. The Morgan fingerprint density at radius 3 is 2.57 bits per heavy atom. The van der Waals surface area contributed by atoms with Crippen molar-refractivity contribution in [2.45, 2.75) is 6.42 Å². The largest absolute Gasteiger partial charge is 0.465 e. The molecule has 0 saturated heterocycles. The van der Waals surface area contributed by atoms with Gasteiger partial charge in [-0.05, 0) is 36.4 Å². The molecule has 0 aliphatic heterocycles. The molecule has 0 radical (unpaired) electrons. The summed E-state index contributed by atoms with van der Waals surface area (Å²) in [4.78, 5) is 23.3. The van der Waals surface area contributed by atoms with Crippen LogP contribution in [0.1, 0.15) is 12.2 Å². The van der Waals surface area contributed by atoms with Crippen LogP contribution in [0.25, 0.3) is 6.08 Å². The number of hydrogen-bond donors (Lipinski definition) is 2. The first-order valence-corrected chi connectivity index (χ1v) is 7.54. The molecular weight excluding hydrogens is 339 g/mol. The summed E-state index contributed by atoms with van der Waals surface area (Å²) in [6.07, 6.45) is 4.53. The number of benzene rings is 1. The van der Waals surface area contributed by atoms with Gasteiger partial charge in [-0.1, -0.05) is 23.2 Å². The summed E-state index contributed by atoms with van der Waals surface area (Å²) >= 11 is 11.7. The van der Waals surface area contributed by atoms with Gasteiger partial charge in [-0.2, -0.15) is 0 Å². The fourth-order valence-corrected chi connectivity index (χ4v) is 2.28. The Morgan fingerprint density at radius 1 is 1.17 bits per heavy atom.